The summed E-state index contributed by atoms with van der Waals surface area (Å²) in [6, 6.07) is 9.64. The SMILES string of the molecule is Cc1ccc2c(c1)N(C(=O)CSc1nc3c(sc4ncccc43)c(=O)n1C[C@H]1CCCO1)CCO2. The van der Waals surface area contributed by atoms with E-state index in [2.05, 4.69) is 4.98 Å². The highest BCUT2D eigenvalue weighted by Crippen LogP contribution is 2.34. The Hall–Kier alpha value is -2.95. The van der Waals surface area contributed by atoms with Crippen molar-refractivity contribution in [3.05, 3.63) is 52.4 Å². The van der Waals surface area contributed by atoms with Crippen molar-refractivity contribution < 1.29 is 14.3 Å². The number of carbonyl (C=O) groups excluding carboxylic acids is 1. The predicted octanol–water partition coefficient (Wildman–Crippen LogP) is 4.01. The molecule has 0 unspecified atom stereocenters. The monoisotopic (exact) mass is 508 g/mol. The van der Waals surface area contributed by atoms with E-state index >= 15 is 0 Å². The van der Waals surface area contributed by atoms with Gasteiger partial charge in [-0.3, -0.25) is 14.2 Å². The fraction of sp³-hybridized carbons (Fsp3) is 0.360. The molecule has 1 amide bonds. The largest absolute Gasteiger partial charge is 0.490 e. The van der Waals surface area contributed by atoms with Crippen LogP contribution >= 0.6 is 23.1 Å². The number of thioether (sulfide) groups is 1. The molecule has 35 heavy (non-hydrogen) atoms. The van der Waals surface area contributed by atoms with Crippen molar-refractivity contribution in [1.82, 2.24) is 14.5 Å². The van der Waals surface area contributed by atoms with Crippen molar-refractivity contribution in [1.29, 1.82) is 0 Å². The van der Waals surface area contributed by atoms with Gasteiger partial charge in [0.1, 0.15) is 21.9 Å². The number of amides is 1. The van der Waals surface area contributed by atoms with Crippen molar-refractivity contribution in [3.8, 4) is 5.75 Å². The summed E-state index contributed by atoms with van der Waals surface area (Å²) in [6.45, 7) is 4.08. The predicted molar refractivity (Wildman–Crippen MR) is 138 cm³/mol. The molecular formula is C25H24N4O4S2. The van der Waals surface area contributed by atoms with Crippen LogP contribution in [0.2, 0.25) is 0 Å². The number of benzene rings is 1. The van der Waals surface area contributed by atoms with Crippen molar-refractivity contribution in [2.24, 2.45) is 0 Å². The molecule has 180 valence electrons. The van der Waals surface area contributed by atoms with E-state index in [0.717, 1.165) is 34.3 Å². The number of thiophene rings is 1. The van der Waals surface area contributed by atoms with Crippen molar-refractivity contribution in [2.75, 3.05) is 30.4 Å². The zero-order valence-corrected chi connectivity index (χ0v) is 20.9. The summed E-state index contributed by atoms with van der Waals surface area (Å²) in [5.41, 5.74) is 2.40. The Bertz CT molecular complexity index is 1490. The molecule has 3 aromatic heterocycles. The highest BCUT2D eigenvalue weighted by molar-refractivity contribution is 7.99. The quantitative estimate of drug-likeness (QED) is 0.297. The number of nitrogens with zero attached hydrogens (tertiary/aromatic N) is 4. The molecule has 0 spiro atoms. The number of hydrogen-bond acceptors (Lipinski definition) is 8. The van der Waals surface area contributed by atoms with E-state index in [4.69, 9.17) is 14.5 Å². The van der Waals surface area contributed by atoms with E-state index < -0.39 is 0 Å². The summed E-state index contributed by atoms with van der Waals surface area (Å²) in [5.74, 6) is 0.837. The Labute approximate surface area is 209 Å². The molecule has 4 aromatic rings. The summed E-state index contributed by atoms with van der Waals surface area (Å²) in [6.07, 6.45) is 3.59. The van der Waals surface area contributed by atoms with Crippen LogP contribution in [-0.4, -0.2) is 52.1 Å². The molecule has 5 heterocycles. The molecule has 0 radical (unpaired) electrons. The minimum absolute atomic E-state index is 0.0244. The van der Waals surface area contributed by atoms with Crippen molar-refractivity contribution in [3.63, 3.8) is 0 Å². The van der Waals surface area contributed by atoms with Crippen LogP contribution in [-0.2, 0) is 16.1 Å². The van der Waals surface area contributed by atoms with Crippen LogP contribution in [0.1, 0.15) is 18.4 Å². The van der Waals surface area contributed by atoms with Gasteiger partial charge in [0, 0.05) is 18.2 Å². The Morgan fingerprint density at radius 2 is 2.20 bits per heavy atom. The summed E-state index contributed by atoms with van der Waals surface area (Å²) in [5, 5.41) is 1.40. The number of ether oxygens (including phenoxy) is 2. The molecule has 0 saturated carbocycles. The maximum atomic E-state index is 13.6. The molecule has 1 saturated heterocycles. The molecule has 1 aromatic carbocycles. The van der Waals surface area contributed by atoms with Crippen LogP contribution in [0.3, 0.4) is 0 Å². The smallest absolute Gasteiger partial charge is 0.272 e. The minimum Gasteiger partial charge on any atom is -0.490 e. The van der Waals surface area contributed by atoms with Gasteiger partial charge in [-0.25, -0.2) is 9.97 Å². The number of rotatable bonds is 5. The maximum Gasteiger partial charge on any atom is 0.272 e. The third-order valence-corrected chi connectivity index (χ3v) is 8.38. The highest BCUT2D eigenvalue weighted by atomic mass is 32.2. The van der Waals surface area contributed by atoms with Crippen LogP contribution in [0, 0.1) is 6.92 Å². The first-order valence-electron chi connectivity index (χ1n) is 11.6. The maximum absolute atomic E-state index is 13.6. The summed E-state index contributed by atoms with van der Waals surface area (Å²) < 4.78 is 13.8. The van der Waals surface area contributed by atoms with Gasteiger partial charge in [0.15, 0.2) is 5.16 Å². The van der Waals surface area contributed by atoms with Gasteiger partial charge in [-0.15, -0.1) is 11.3 Å². The number of carbonyl (C=O) groups is 1. The molecule has 2 aliphatic heterocycles. The van der Waals surface area contributed by atoms with Gasteiger partial charge in [0.2, 0.25) is 5.91 Å². The first kappa shape index (κ1) is 22.5. The molecule has 0 N–H and O–H groups in total. The molecule has 0 aliphatic carbocycles. The summed E-state index contributed by atoms with van der Waals surface area (Å²) >= 11 is 2.66. The number of pyridine rings is 1. The Morgan fingerprint density at radius 3 is 3.06 bits per heavy atom. The average molecular weight is 509 g/mol. The molecule has 6 rings (SSSR count). The fourth-order valence-corrected chi connectivity index (χ4v) is 6.50. The van der Waals surface area contributed by atoms with Gasteiger partial charge in [0.05, 0.1) is 36.2 Å². The van der Waals surface area contributed by atoms with Crippen LogP contribution in [0.15, 0.2) is 46.5 Å². The molecule has 1 fully saturated rings. The van der Waals surface area contributed by atoms with E-state index in [-0.39, 0.29) is 23.3 Å². The molecule has 10 heteroatoms. The fourth-order valence-electron chi connectivity index (χ4n) is 4.60. The number of hydrogen-bond donors (Lipinski definition) is 0. The normalized spacial score (nSPS) is 17.6. The second kappa shape index (κ2) is 9.25. The van der Waals surface area contributed by atoms with Crippen LogP contribution in [0.25, 0.3) is 20.4 Å². The number of fused-ring (bicyclic) bond motifs is 4. The van der Waals surface area contributed by atoms with E-state index in [1.165, 1.54) is 23.1 Å². The molecule has 8 nitrogen and oxygen atoms in total. The van der Waals surface area contributed by atoms with E-state index in [1.54, 1.807) is 15.7 Å². The number of aromatic nitrogens is 3. The second-order valence-electron chi connectivity index (χ2n) is 8.73. The molecular weight excluding hydrogens is 484 g/mol. The minimum atomic E-state index is -0.101. The zero-order valence-electron chi connectivity index (χ0n) is 19.2. The standard InChI is InChI=1S/C25H24N4O4S2/c1-15-6-7-19-18(12-15)28(9-11-33-19)20(30)14-34-25-27-21-17-5-2-8-26-23(17)35-22(21)24(31)29(25)13-16-4-3-10-32-16/h2,5-8,12,16H,3-4,9-11,13-14H2,1H3/t16-/m1/s1. The Morgan fingerprint density at radius 1 is 1.29 bits per heavy atom. The first-order valence-corrected chi connectivity index (χ1v) is 13.4. The average Bonchev–Trinajstić information content (AvgIpc) is 3.52. The summed E-state index contributed by atoms with van der Waals surface area (Å²) in [4.78, 5) is 38.7. The second-order valence-corrected chi connectivity index (χ2v) is 10.7. The lowest BCUT2D eigenvalue weighted by atomic mass is 10.1. The third kappa shape index (κ3) is 4.19. The van der Waals surface area contributed by atoms with Crippen molar-refractivity contribution >= 4 is 55.1 Å². The van der Waals surface area contributed by atoms with E-state index in [1.807, 2.05) is 37.3 Å². The van der Waals surface area contributed by atoms with E-state index in [9.17, 15) is 9.59 Å². The topological polar surface area (TPSA) is 86.6 Å². The molecule has 0 bridgehead atoms. The molecule has 2 aliphatic rings. The third-order valence-electron chi connectivity index (χ3n) is 6.33. The lowest BCUT2D eigenvalue weighted by molar-refractivity contribution is -0.116. The van der Waals surface area contributed by atoms with E-state index in [0.29, 0.717) is 47.4 Å². The van der Waals surface area contributed by atoms with Crippen molar-refractivity contribution in [2.45, 2.75) is 37.6 Å². The first-order chi connectivity index (χ1) is 17.1. The summed E-state index contributed by atoms with van der Waals surface area (Å²) in [7, 11) is 0. The number of aryl methyl sites for hydroxylation is 1. The lowest BCUT2D eigenvalue weighted by Gasteiger charge is -2.29. The highest BCUT2D eigenvalue weighted by Gasteiger charge is 2.26. The van der Waals surface area contributed by atoms with Gasteiger partial charge >= 0.3 is 0 Å². The van der Waals surface area contributed by atoms with Crippen LogP contribution in [0.4, 0.5) is 5.69 Å². The Kier molecular flexibility index (Phi) is 5.95. The van der Waals surface area contributed by atoms with Crippen LogP contribution in [0.5, 0.6) is 5.75 Å². The van der Waals surface area contributed by atoms with Gasteiger partial charge in [-0.2, -0.15) is 0 Å². The Balaban J connectivity index is 1.35. The number of anilines is 1. The van der Waals surface area contributed by atoms with Gasteiger partial charge < -0.3 is 14.4 Å². The lowest BCUT2D eigenvalue weighted by Crippen LogP contribution is -2.39. The van der Waals surface area contributed by atoms with Gasteiger partial charge in [-0.05, 0) is 49.6 Å². The van der Waals surface area contributed by atoms with Crippen LogP contribution < -0.4 is 15.2 Å². The van der Waals surface area contributed by atoms with Gasteiger partial charge in [-0.1, -0.05) is 17.8 Å². The van der Waals surface area contributed by atoms with Gasteiger partial charge in [0.25, 0.3) is 5.56 Å². The zero-order chi connectivity index (χ0) is 23.9. The molecule has 1 atom stereocenters.